The predicted octanol–water partition coefficient (Wildman–Crippen LogP) is 2.32. The van der Waals surface area contributed by atoms with Crippen LogP contribution in [0.15, 0.2) is 58.5 Å². The fraction of sp³-hybridized carbons (Fsp3) is 0.176. The highest BCUT2D eigenvalue weighted by Gasteiger charge is 2.12. The van der Waals surface area contributed by atoms with Crippen LogP contribution in [0.5, 0.6) is 11.5 Å². The molecule has 132 valence electrons. The molecule has 8 heteroatoms. The summed E-state index contributed by atoms with van der Waals surface area (Å²) < 4.78 is 34.5. The third-order valence-corrected chi connectivity index (χ3v) is 4.21. The molecule has 0 aliphatic rings. The third kappa shape index (κ3) is 5.61. The van der Waals surface area contributed by atoms with Crippen molar-refractivity contribution >= 4 is 22.2 Å². The average molecular weight is 362 g/mol. The number of esters is 1. The average Bonchev–Trinajstić information content (AvgIpc) is 2.57. The lowest BCUT2D eigenvalue weighted by molar-refractivity contribution is -0.131. The molecule has 2 aromatic rings. The lowest BCUT2D eigenvalue weighted by Gasteiger charge is -2.06. The van der Waals surface area contributed by atoms with E-state index in [1.54, 1.807) is 36.4 Å². The van der Waals surface area contributed by atoms with Gasteiger partial charge < -0.3 is 9.47 Å². The van der Waals surface area contributed by atoms with Gasteiger partial charge >= 0.3 is 5.97 Å². The summed E-state index contributed by atoms with van der Waals surface area (Å²) in [7, 11) is -3.76. The Balaban J connectivity index is 2.00. The van der Waals surface area contributed by atoms with Crippen LogP contribution in [0.25, 0.3) is 0 Å². The van der Waals surface area contributed by atoms with Crippen LogP contribution in [0.2, 0.25) is 0 Å². The highest BCUT2D eigenvalue weighted by atomic mass is 32.2. The van der Waals surface area contributed by atoms with E-state index in [9.17, 15) is 13.2 Å². The van der Waals surface area contributed by atoms with Crippen LogP contribution in [0.1, 0.15) is 19.4 Å². The Morgan fingerprint density at radius 2 is 1.68 bits per heavy atom. The van der Waals surface area contributed by atoms with E-state index in [2.05, 4.69) is 9.93 Å². The van der Waals surface area contributed by atoms with Crippen LogP contribution >= 0.6 is 0 Å². The Bertz CT molecular complexity index is 844. The molecule has 0 saturated heterocycles. The van der Waals surface area contributed by atoms with Gasteiger partial charge in [0.05, 0.1) is 17.7 Å². The topological polar surface area (TPSA) is 94.1 Å². The Kier molecular flexibility index (Phi) is 6.13. The Labute approximate surface area is 146 Å². The second-order valence-corrected chi connectivity index (χ2v) is 6.58. The molecule has 0 saturated carbocycles. The fourth-order valence-electron chi connectivity index (χ4n) is 1.89. The Morgan fingerprint density at radius 1 is 1.08 bits per heavy atom. The van der Waals surface area contributed by atoms with Crippen molar-refractivity contribution in [2.45, 2.75) is 18.7 Å². The van der Waals surface area contributed by atoms with Crippen molar-refractivity contribution < 1.29 is 22.7 Å². The number of carbonyl (C=O) groups excluding carboxylic acids is 1. The number of hydrazone groups is 1. The highest BCUT2D eigenvalue weighted by Crippen LogP contribution is 2.16. The van der Waals surface area contributed by atoms with E-state index in [1.165, 1.54) is 25.3 Å². The molecule has 0 radical (unpaired) electrons. The second-order valence-electron chi connectivity index (χ2n) is 4.92. The molecule has 0 atom stereocenters. The van der Waals surface area contributed by atoms with Crippen LogP contribution in [0.3, 0.4) is 0 Å². The summed E-state index contributed by atoms with van der Waals surface area (Å²) >= 11 is 0. The zero-order valence-corrected chi connectivity index (χ0v) is 14.6. The van der Waals surface area contributed by atoms with E-state index in [4.69, 9.17) is 9.47 Å². The lowest BCUT2D eigenvalue weighted by Crippen LogP contribution is -2.18. The van der Waals surface area contributed by atoms with E-state index in [1.807, 2.05) is 6.92 Å². The molecule has 0 unspecified atom stereocenters. The van der Waals surface area contributed by atoms with E-state index in [-0.39, 0.29) is 4.90 Å². The van der Waals surface area contributed by atoms with Crippen LogP contribution in [0.4, 0.5) is 0 Å². The molecule has 7 nitrogen and oxygen atoms in total. The fourth-order valence-corrected chi connectivity index (χ4v) is 2.68. The number of hydrogen-bond donors (Lipinski definition) is 1. The van der Waals surface area contributed by atoms with Gasteiger partial charge in [-0.15, -0.1) is 0 Å². The van der Waals surface area contributed by atoms with Crippen molar-refractivity contribution in [3.63, 3.8) is 0 Å². The van der Waals surface area contributed by atoms with E-state index < -0.39 is 16.0 Å². The lowest BCUT2D eigenvalue weighted by atomic mass is 10.2. The molecule has 2 rings (SSSR count). The van der Waals surface area contributed by atoms with Crippen molar-refractivity contribution in [3.8, 4) is 11.5 Å². The molecule has 0 aliphatic carbocycles. The molecule has 25 heavy (non-hydrogen) atoms. The van der Waals surface area contributed by atoms with Gasteiger partial charge in [0.25, 0.3) is 10.0 Å². The highest BCUT2D eigenvalue weighted by molar-refractivity contribution is 7.89. The summed E-state index contributed by atoms with van der Waals surface area (Å²) in [5, 5.41) is 3.74. The number of hydrogen-bond acceptors (Lipinski definition) is 6. The van der Waals surface area contributed by atoms with Crippen LogP contribution in [-0.2, 0) is 14.8 Å². The number of nitrogens with zero attached hydrogens (tertiary/aromatic N) is 1. The summed E-state index contributed by atoms with van der Waals surface area (Å²) in [5.41, 5.74) is 0.644. The van der Waals surface area contributed by atoms with E-state index in [0.717, 1.165) is 0 Å². The van der Waals surface area contributed by atoms with Crippen LogP contribution < -0.4 is 14.3 Å². The molecule has 0 bridgehead atoms. The minimum Gasteiger partial charge on any atom is -0.494 e. The Morgan fingerprint density at radius 3 is 2.24 bits per heavy atom. The van der Waals surface area contributed by atoms with Gasteiger partial charge in [-0.05, 0) is 61.0 Å². The monoisotopic (exact) mass is 362 g/mol. The van der Waals surface area contributed by atoms with E-state index >= 15 is 0 Å². The number of sulfonamides is 1. The van der Waals surface area contributed by atoms with Crippen molar-refractivity contribution in [2.24, 2.45) is 5.10 Å². The quantitative estimate of drug-likeness (QED) is 0.353. The van der Waals surface area contributed by atoms with Gasteiger partial charge in [-0.3, -0.25) is 4.79 Å². The Hall–Kier alpha value is -2.87. The first-order valence-corrected chi connectivity index (χ1v) is 8.95. The van der Waals surface area contributed by atoms with Crippen LogP contribution in [-0.4, -0.2) is 27.2 Å². The minimum absolute atomic E-state index is 0.0818. The van der Waals surface area contributed by atoms with Gasteiger partial charge in [0.1, 0.15) is 11.5 Å². The van der Waals surface area contributed by atoms with Crippen molar-refractivity contribution in [2.75, 3.05) is 6.61 Å². The number of nitrogens with one attached hydrogen (secondary N) is 1. The summed E-state index contributed by atoms with van der Waals surface area (Å²) in [5.74, 6) is 0.585. The molecule has 2 aromatic carbocycles. The SMILES string of the molecule is CCOc1ccc(S(=O)(=O)N/N=C/c2ccc(OC(C)=O)cc2)cc1. The molecule has 1 N–H and O–H groups in total. The van der Waals surface area contributed by atoms with Crippen LogP contribution in [0, 0.1) is 0 Å². The van der Waals surface area contributed by atoms with Gasteiger partial charge in [0.15, 0.2) is 0 Å². The number of carbonyl (C=O) groups is 1. The molecule has 0 heterocycles. The molecular formula is C17H18N2O5S. The van der Waals surface area contributed by atoms with Crippen molar-refractivity contribution in [1.29, 1.82) is 0 Å². The first-order valence-electron chi connectivity index (χ1n) is 7.47. The zero-order valence-electron chi connectivity index (χ0n) is 13.8. The molecule has 0 amide bonds. The van der Waals surface area contributed by atoms with Crippen molar-refractivity contribution in [3.05, 3.63) is 54.1 Å². The summed E-state index contributed by atoms with van der Waals surface area (Å²) in [4.78, 5) is 13.1. The maximum Gasteiger partial charge on any atom is 0.308 e. The van der Waals surface area contributed by atoms with Gasteiger partial charge in [0, 0.05) is 6.92 Å². The molecule has 0 aliphatic heterocycles. The van der Waals surface area contributed by atoms with Gasteiger partial charge in [-0.2, -0.15) is 13.5 Å². The first-order chi connectivity index (χ1) is 11.9. The predicted molar refractivity (Wildman–Crippen MR) is 93.3 cm³/mol. The first kappa shape index (κ1) is 18.5. The summed E-state index contributed by atoms with van der Waals surface area (Å²) in [6.07, 6.45) is 1.35. The molecule has 0 spiro atoms. The smallest absolute Gasteiger partial charge is 0.308 e. The van der Waals surface area contributed by atoms with Gasteiger partial charge in [-0.1, -0.05) is 0 Å². The standard InChI is InChI=1S/C17H18N2O5S/c1-3-23-15-8-10-17(11-9-15)25(21,22)19-18-12-14-4-6-16(7-5-14)24-13(2)20/h4-12,19H,3H2,1-2H3/b18-12+. The number of benzene rings is 2. The van der Waals surface area contributed by atoms with E-state index in [0.29, 0.717) is 23.7 Å². The minimum atomic E-state index is -3.76. The summed E-state index contributed by atoms with van der Waals surface area (Å²) in [6.45, 7) is 3.66. The number of ether oxygens (including phenoxy) is 2. The largest absolute Gasteiger partial charge is 0.494 e. The maximum absolute atomic E-state index is 12.1. The summed E-state index contributed by atoms with van der Waals surface area (Å²) in [6, 6.07) is 12.5. The van der Waals surface area contributed by atoms with Gasteiger partial charge in [-0.25, -0.2) is 4.83 Å². The van der Waals surface area contributed by atoms with Gasteiger partial charge in [0.2, 0.25) is 0 Å². The molecule has 0 aromatic heterocycles. The maximum atomic E-state index is 12.1. The second kappa shape index (κ2) is 8.29. The third-order valence-electron chi connectivity index (χ3n) is 2.97. The number of rotatable bonds is 7. The zero-order chi connectivity index (χ0) is 18.3. The molecular weight excluding hydrogens is 344 g/mol. The van der Waals surface area contributed by atoms with Crippen molar-refractivity contribution in [1.82, 2.24) is 4.83 Å². The molecule has 0 fully saturated rings. The normalized spacial score (nSPS) is 11.3.